The first-order valence-electron chi connectivity index (χ1n) is 7.78. The smallest absolute Gasteiger partial charge is 0.117 e. The molecule has 0 radical (unpaired) electrons. The number of hydrogen-bond acceptors (Lipinski definition) is 3. The van der Waals surface area contributed by atoms with E-state index in [2.05, 4.69) is 62.0 Å². The molecule has 2 aromatic carbocycles. The van der Waals surface area contributed by atoms with Crippen LogP contribution in [0.5, 0.6) is 5.75 Å². The Morgan fingerprint density at radius 2 is 1.91 bits per heavy atom. The fourth-order valence-electron chi connectivity index (χ4n) is 2.98. The second-order valence-electron chi connectivity index (χ2n) is 6.59. The summed E-state index contributed by atoms with van der Waals surface area (Å²) in [5.74, 6) is 0.229. The van der Waals surface area contributed by atoms with Crippen LogP contribution in [-0.4, -0.2) is 23.9 Å². The van der Waals surface area contributed by atoms with E-state index >= 15 is 0 Å². The summed E-state index contributed by atoms with van der Waals surface area (Å²) >= 11 is 0. The molecule has 0 aliphatic carbocycles. The van der Waals surface area contributed by atoms with Crippen LogP contribution in [-0.2, 0) is 0 Å². The number of likely N-dealkylation sites (N-methyl/N-ethyl adjacent to an activating group) is 1. The maximum Gasteiger partial charge on any atom is 0.117 e. The number of benzene rings is 2. The van der Waals surface area contributed by atoms with Crippen LogP contribution in [0.1, 0.15) is 31.9 Å². The van der Waals surface area contributed by atoms with E-state index in [1.54, 1.807) is 18.2 Å². The maximum atomic E-state index is 9.49. The van der Waals surface area contributed by atoms with Crippen molar-refractivity contribution in [2.45, 2.75) is 26.3 Å². The third-order valence-electron chi connectivity index (χ3n) is 4.43. The monoisotopic (exact) mass is 306 g/mol. The minimum Gasteiger partial charge on any atom is -0.508 e. The summed E-state index contributed by atoms with van der Waals surface area (Å²) in [6.07, 6.45) is 4.13. The van der Waals surface area contributed by atoms with E-state index in [-0.39, 0.29) is 11.3 Å². The van der Waals surface area contributed by atoms with Gasteiger partial charge in [0.25, 0.3) is 0 Å². The molecule has 118 valence electrons. The van der Waals surface area contributed by atoms with Crippen LogP contribution in [0.2, 0.25) is 0 Å². The molecular weight excluding hydrogens is 284 g/mol. The Bertz CT molecular complexity index is 803. The number of phenols is 1. The molecule has 1 heterocycles. The zero-order valence-electron chi connectivity index (χ0n) is 14.0. The van der Waals surface area contributed by atoms with Gasteiger partial charge in [-0.05, 0) is 56.2 Å². The van der Waals surface area contributed by atoms with Crippen molar-refractivity contribution in [3.05, 3.63) is 59.7 Å². The largest absolute Gasteiger partial charge is 0.508 e. The zero-order chi connectivity index (χ0) is 16.6. The molecule has 0 aromatic heterocycles. The van der Waals surface area contributed by atoms with Crippen LogP contribution < -0.4 is 4.90 Å². The summed E-state index contributed by atoms with van der Waals surface area (Å²) in [5, 5.41) is 9.49. The van der Waals surface area contributed by atoms with Crippen molar-refractivity contribution >= 4 is 23.2 Å². The molecule has 0 saturated carbocycles. The molecule has 2 aromatic rings. The molecule has 0 bridgehead atoms. The lowest BCUT2D eigenvalue weighted by molar-refractivity contribution is 0.475. The molecule has 3 rings (SSSR count). The maximum absolute atomic E-state index is 9.49. The van der Waals surface area contributed by atoms with Gasteiger partial charge in [0, 0.05) is 30.6 Å². The molecule has 1 aliphatic heterocycles. The molecular formula is C20H22N2O. The average molecular weight is 306 g/mol. The van der Waals surface area contributed by atoms with Gasteiger partial charge in [-0.1, -0.05) is 18.2 Å². The van der Waals surface area contributed by atoms with E-state index in [0.717, 1.165) is 11.3 Å². The Morgan fingerprint density at radius 1 is 1.13 bits per heavy atom. The zero-order valence-corrected chi connectivity index (χ0v) is 14.0. The SMILES string of the molecule is CC1=CC(C)(C)N(C)c2ccc(C=Nc3cccc(O)c3)cc21. The van der Waals surface area contributed by atoms with Gasteiger partial charge in [0.05, 0.1) is 11.2 Å². The summed E-state index contributed by atoms with van der Waals surface area (Å²) < 4.78 is 0. The highest BCUT2D eigenvalue weighted by molar-refractivity contribution is 5.88. The molecule has 0 fully saturated rings. The molecule has 1 aliphatic rings. The van der Waals surface area contributed by atoms with E-state index < -0.39 is 0 Å². The third kappa shape index (κ3) is 3.00. The van der Waals surface area contributed by atoms with Crippen molar-refractivity contribution in [1.29, 1.82) is 0 Å². The lowest BCUT2D eigenvalue weighted by Gasteiger charge is -2.40. The average Bonchev–Trinajstić information content (AvgIpc) is 2.50. The summed E-state index contributed by atoms with van der Waals surface area (Å²) in [5.41, 5.74) is 5.59. The van der Waals surface area contributed by atoms with Crippen molar-refractivity contribution < 1.29 is 5.11 Å². The van der Waals surface area contributed by atoms with Gasteiger partial charge in [0.1, 0.15) is 5.75 Å². The molecule has 3 heteroatoms. The fourth-order valence-corrected chi connectivity index (χ4v) is 2.98. The second-order valence-corrected chi connectivity index (χ2v) is 6.59. The van der Waals surface area contributed by atoms with Crippen LogP contribution in [0.25, 0.3) is 5.57 Å². The minimum atomic E-state index is 0.0221. The second kappa shape index (κ2) is 5.58. The predicted octanol–water partition coefficient (Wildman–Crippen LogP) is 4.77. The first-order chi connectivity index (χ1) is 10.9. The molecule has 23 heavy (non-hydrogen) atoms. The van der Waals surface area contributed by atoms with Crippen molar-refractivity contribution in [3.63, 3.8) is 0 Å². The van der Waals surface area contributed by atoms with Crippen LogP contribution in [0.4, 0.5) is 11.4 Å². The number of aliphatic imine (C=N–C) groups is 1. The molecule has 3 nitrogen and oxygen atoms in total. The molecule has 0 amide bonds. The van der Waals surface area contributed by atoms with Gasteiger partial charge < -0.3 is 10.0 Å². The number of fused-ring (bicyclic) bond motifs is 1. The quantitative estimate of drug-likeness (QED) is 0.811. The van der Waals surface area contributed by atoms with Gasteiger partial charge in [-0.15, -0.1) is 0 Å². The number of allylic oxidation sites excluding steroid dienone is 1. The molecule has 0 atom stereocenters. The Kier molecular flexibility index (Phi) is 3.72. The van der Waals surface area contributed by atoms with Crippen molar-refractivity contribution in [2.75, 3.05) is 11.9 Å². The molecule has 1 N–H and O–H groups in total. The summed E-state index contributed by atoms with van der Waals surface area (Å²) in [6, 6.07) is 13.3. The van der Waals surface area contributed by atoms with Crippen molar-refractivity contribution in [3.8, 4) is 5.75 Å². The van der Waals surface area contributed by atoms with Gasteiger partial charge in [-0.2, -0.15) is 0 Å². The highest BCUT2D eigenvalue weighted by Gasteiger charge is 2.28. The summed E-state index contributed by atoms with van der Waals surface area (Å²) in [4.78, 5) is 6.74. The number of aromatic hydroxyl groups is 1. The number of phenolic OH excluding ortho intramolecular Hbond substituents is 1. The minimum absolute atomic E-state index is 0.0221. The predicted molar refractivity (Wildman–Crippen MR) is 97.9 cm³/mol. The highest BCUT2D eigenvalue weighted by atomic mass is 16.3. The Morgan fingerprint density at radius 3 is 2.65 bits per heavy atom. The van der Waals surface area contributed by atoms with Gasteiger partial charge >= 0.3 is 0 Å². The Hall–Kier alpha value is -2.55. The van der Waals surface area contributed by atoms with E-state index in [4.69, 9.17) is 0 Å². The van der Waals surface area contributed by atoms with Gasteiger partial charge in [-0.3, -0.25) is 4.99 Å². The lowest BCUT2D eigenvalue weighted by Crippen LogP contribution is -2.42. The van der Waals surface area contributed by atoms with Crippen molar-refractivity contribution in [2.24, 2.45) is 4.99 Å². The Balaban J connectivity index is 1.94. The number of hydrogen-bond donors (Lipinski definition) is 1. The van der Waals surface area contributed by atoms with Crippen LogP contribution >= 0.6 is 0 Å². The topological polar surface area (TPSA) is 35.8 Å². The molecule has 0 saturated heterocycles. The van der Waals surface area contributed by atoms with Crippen LogP contribution in [0.15, 0.2) is 53.5 Å². The normalized spacial score (nSPS) is 16.3. The van der Waals surface area contributed by atoms with Gasteiger partial charge in [0.2, 0.25) is 0 Å². The number of anilines is 1. The van der Waals surface area contributed by atoms with Crippen molar-refractivity contribution in [1.82, 2.24) is 0 Å². The van der Waals surface area contributed by atoms with Crippen LogP contribution in [0.3, 0.4) is 0 Å². The highest BCUT2D eigenvalue weighted by Crippen LogP contribution is 2.37. The standard InChI is InChI=1S/C20H22N2O/c1-14-12-20(2,3)22(4)19-9-8-15(10-18(14)19)13-21-16-6-5-7-17(23)11-16/h5-13,23H,1-4H3. The lowest BCUT2D eigenvalue weighted by atomic mass is 9.89. The summed E-state index contributed by atoms with van der Waals surface area (Å²) in [6.45, 7) is 6.59. The fraction of sp³-hybridized carbons (Fsp3) is 0.250. The number of rotatable bonds is 2. The summed E-state index contributed by atoms with van der Waals surface area (Å²) in [7, 11) is 2.13. The van der Waals surface area contributed by atoms with Gasteiger partial charge in [-0.25, -0.2) is 0 Å². The van der Waals surface area contributed by atoms with E-state index in [1.807, 2.05) is 12.3 Å². The molecule has 0 spiro atoms. The first-order valence-corrected chi connectivity index (χ1v) is 7.78. The van der Waals surface area contributed by atoms with Crippen LogP contribution in [0, 0.1) is 0 Å². The van der Waals surface area contributed by atoms with E-state index in [1.165, 1.54) is 16.8 Å². The van der Waals surface area contributed by atoms with E-state index in [0.29, 0.717) is 0 Å². The first kappa shape index (κ1) is 15.3. The Labute approximate surface area is 137 Å². The van der Waals surface area contributed by atoms with E-state index in [9.17, 15) is 5.11 Å². The van der Waals surface area contributed by atoms with Gasteiger partial charge in [0.15, 0.2) is 0 Å². The molecule has 0 unspecified atom stereocenters. The number of nitrogens with zero attached hydrogens (tertiary/aromatic N) is 2. The third-order valence-corrected chi connectivity index (χ3v) is 4.43.